The second-order valence-corrected chi connectivity index (χ2v) is 3.79. The van der Waals surface area contributed by atoms with E-state index < -0.39 is 6.10 Å². The van der Waals surface area contributed by atoms with Gasteiger partial charge in [0.1, 0.15) is 17.5 Å². The number of aliphatic hydroxyl groups excluding tert-OH is 1. The number of methoxy groups -OCH3 is 1. The van der Waals surface area contributed by atoms with Gasteiger partial charge in [-0.2, -0.15) is 0 Å². The molecule has 0 aliphatic heterocycles. The highest BCUT2D eigenvalue weighted by molar-refractivity contribution is 5.28. The van der Waals surface area contributed by atoms with E-state index in [0.29, 0.717) is 24.0 Å². The van der Waals surface area contributed by atoms with Gasteiger partial charge in [0.2, 0.25) is 0 Å². The number of nitrogens with zero attached hydrogens (tertiary/aromatic N) is 1. The van der Waals surface area contributed by atoms with Gasteiger partial charge in [0.05, 0.1) is 7.11 Å². The maximum atomic E-state index is 9.90. The normalized spacial score (nSPS) is 17.5. The minimum absolute atomic E-state index is 0.540. The largest absolute Gasteiger partial charge is 0.495 e. The lowest BCUT2D eigenvalue weighted by Crippen LogP contribution is -2.24. The first kappa shape index (κ1) is 10.4. The van der Waals surface area contributed by atoms with E-state index in [1.54, 1.807) is 19.4 Å². The van der Waals surface area contributed by atoms with E-state index in [9.17, 15) is 5.11 Å². The van der Waals surface area contributed by atoms with E-state index in [-0.39, 0.29) is 0 Å². The Kier molecular flexibility index (Phi) is 3.18. The minimum atomic E-state index is -0.596. The average molecular weight is 208 g/mol. The van der Waals surface area contributed by atoms with Crippen LogP contribution in [-0.4, -0.2) is 29.8 Å². The molecule has 0 saturated heterocycles. The summed E-state index contributed by atoms with van der Waals surface area (Å²) >= 11 is 0. The smallest absolute Gasteiger partial charge is 0.143 e. The van der Waals surface area contributed by atoms with Gasteiger partial charge in [0.15, 0.2) is 0 Å². The van der Waals surface area contributed by atoms with Crippen molar-refractivity contribution < 1.29 is 9.84 Å². The Morgan fingerprint density at radius 2 is 2.47 bits per heavy atom. The van der Waals surface area contributed by atoms with Crippen molar-refractivity contribution in [1.82, 2.24) is 10.3 Å². The SMILES string of the molecule is COc1cccnc1C(O)CNC1CC1. The molecule has 0 amide bonds. The summed E-state index contributed by atoms with van der Waals surface area (Å²) in [5.74, 6) is 0.641. The van der Waals surface area contributed by atoms with Gasteiger partial charge in [0.25, 0.3) is 0 Å². The zero-order chi connectivity index (χ0) is 10.7. The summed E-state index contributed by atoms with van der Waals surface area (Å²) in [6, 6.07) is 4.20. The predicted octanol–water partition coefficient (Wildman–Crippen LogP) is 0.876. The third-order valence-electron chi connectivity index (χ3n) is 2.51. The highest BCUT2D eigenvalue weighted by Crippen LogP contribution is 2.23. The predicted molar refractivity (Wildman–Crippen MR) is 56.8 cm³/mol. The Morgan fingerprint density at radius 3 is 3.13 bits per heavy atom. The molecule has 4 heteroatoms. The summed E-state index contributed by atoms with van der Waals surface area (Å²) < 4.78 is 5.14. The number of hydrogen-bond donors (Lipinski definition) is 2. The van der Waals surface area contributed by atoms with Crippen molar-refractivity contribution in [2.75, 3.05) is 13.7 Å². The zero-order valence-corrected chi connectivity index (χ0v) is 8.81. The Bertz CT molecular complexity index is 326. The lowest BCUT2D eigenvalue weighted by atomic mass is 10.2. The van der Waals surface area contributed by atoms with Crippen molar-refractivity contribution in [3.63, 3.8) is 0 Å². The molecular formula is C11H16N2O2. The molecule has 2 N–H and O–H groups in total. The van der Waals surface area contributed by atoms with Crippen LogP contribution in [0.5, 0.6) is 5.75 Å². The summed E-state index contributed by atoms with van der Waals surface area (Å²) in [5, 5.41) is 13.2. The zero-order valence-electron chi connectivity index (χ0n) is 8.81. The topological polar surface area (TPSA) is 54.4 Å². The first-order valence-electron chi connectivity index (χ1n) is 5.21. The third kappa shape index (κ3) is 2.67. The molecule has 15 heavy (non-hydrogen) atoms. The fourth-order valence-corrected chi connectivity index (χ4v) is 1.49. The quantitative estimate of drug-likeness (QED) is 0.754. The van der Waals surface area contributed by atoms with Crippen molar-refractivity contribution in [2.24, 2.45) is 0 Å². The molecule has 1 aromatic rings. The number of pyridine rings is 1. The van der Waals surface area contributed by atoms with Gasteiger partial charge in [-0.25, -0.2) is 0 Å². The maximum Gasteiger partial charge on any atom is 0.143 e. The lowest BCUT2D eigenvalue weighted by Gasteiger charge is -2.13. The van der Waals surface area contributed by atoms with Crippen molar-refractivity contribution in [2.45, 2.75) is 25.0 Å². The molecule has 82 valence electrons. The summed E-state index contributed by atoms with van der Waals surface area (Å²) in [6.07, 6.45) is 3.50. The summed E-state index contributed by atoms with van der Waals surface area (Å²) in [7, 11) is 1.58. The maximum absolute atomic E-state index is 9.90. The monoisotopic (exact) mass is 208 g/mol. The number of hydrogen-bond acceptors (Lipinski definition) is 4. The average Bonchev–Trinajstić information content (AvgIpc) is 3.09. The molecule has 1 aliphatic rings. The van der Waals surface area contributed by atoms with E-state index in [0.717, 1.165) is 0 Å². The van der Waals surface area contributed by atoms with Crippen LogP contribution in [0.1, 0.15) is 24.6 Å². The van der Waals surface area contributed by atoms with E-state index in [4.69, 9.17) is 4.74 Å². The van der Waals surface area contributed by atoms with Crippen LogP contribution in [0.4, 0.5) is 0 Å². The van der Waals surface area contributed by atoms with Crippen molar-refractivity contribution in [3.8, 4) is 5.75 Å². The van der Waals surface area contributed by atoms with Gasteiger partial charge in [-0.1, -0.05) is 0 Å². The lowest BCUT2D eigenvalue weighted by molar-refractivity contribution is 0.165. The van der Waals surface area contributed by atoms with Gasteiger partial charge < -0.3 is 15.2 Å². The molecular weight excluding hydrogens is 192 g/mol. The molecule has 1 aromatic heterocycles. The number of nitrogens with one attached hydrogen (secondary N) is 1. The summed E-state index contributed by atoms with van der Waals surface area (Å²) in [6.45, 7) is 0.540. The van der Waals surface area contributed by atoms with Crippen molar-refractivity contribution in [1.29, 1.82) is 0 Å². The fourth-order valence-electron chi connectivity index (χ4n) is 1.49. The molecule has 0 spiro atoms. The molecule has 1 unspecified atom stereocenters. The van der Waals surface area contributed by atoms with Crippen LogP contribution >= 0.6 is 0 Å². The standard InChI is InChI=1S/C11H16N2O2/c1-15-10-3-2-6-12-11(10)9(14)7-13-8-4-5-8/h2-3,6,8-9,13-14H,4-5,7H2,1H3. The fraction of sp³-hybridized carbons (Fsp3) is 0.545. The molecule has 1 atom stereocenters. The summed E-state index contributed by atoms with van der Waals surface area (Å²) in [5.41, 5.74) is 0.605. The third-order valence-corrected chi connectivity index (χ3v) is 2.51. The molecule has 0 bridgehead atoms. The first-order chi connectivity index (χ1) is 7.31. The number of aromatic nitrogens is 1. The Balaban J connectivity index is 1.98. The Hall–Kier alpha value is -1.13. The van der Waals surface area contributed by atoms with E-state index in [1.807, 2.05) is 6.07 Å². The van der Waals surface area contributed by atoms with E-state index in [2.05, 4.69) is 10.3 Å². The minimum Gasteiger partial charge on any atom is -0.495 e. The number of rotatable bonds is 5. The van der Waals surface area contributed by atoms with Gasteiger partial charge in [-0.3, -0.25) is 4.98 Å². The second kappa shape index (κ2) is 4.59. The molecule has 4 nitrogen and oxygen atoms in total. The van der Waals surface area contributed by atoms with E-state index >= 15 is 0 Å². The molecule has 2 rings (SSSR count). The van der Waals surface area contributed by atoms with Crippen LogP contribution in [0.2, 0.25) is 0 Å². The van der Waals surface area contributed by atoms with Crippen LogP contribution < -0.4 is 10.1 Å². The van der Waals surface area contributed by atoms with Gasteiger partial charge in [-0.05, 0) is 25.0 Å². The van der Waals surface area contributed by atoms with Crippen LogP contribution in [-0.2, 0) is 0 Å². The Morgan fingerprint density at radius 1 is 1.67 bits per heavy atom. The molecule has 0 radical (unpaired) electrons. The van der Waals surface area contributed by atoms with Crippen molar-refractivity contribution in [3.05, 3.63) is 24.0 Å². The number of aliphatic hydroxyl groups is 1. The molecule has 0 aromatic carbocycles. The van der Waals surface area contributed by atoms with Crippen LogP contribution in [0, 0.1) is 0 Å². The Labute approximate surface area is 89.3 Å². The van der Waals surface area contributed by atoms with Crippen LogP contribution in [0.3, 0.4) is 0 Å². The highest BCUT2D eigenvalue weighted by atomic mass is 16.5. The van der Waals surface area contributed by atoms with Crippen LogP contribution in [0.15, 0.2) is 18.3 Å². The first-order valence-corrected chi connectivity index (χ1v) is 5.21. The molecule has 1 heterocycles. The summed E-state index contributed by atoms with van der Waals surface area (Å²) in [4.78, 5) is 4.13. The van der Waals surface area contributed by atoms with Gasteiger partial charge in [0, 0.05) is 18.8 Å². The van der Waals surface area contributed by atoms with Crippen LogP contribution in [0.25, 0.3) is 0 Å². The van der Waals surface area contributed by atoms with Gasteiger partial charge in [-0.15, -0.1) is 0 Å². The highest BCUT2D eigenvalue weighted by Gasteiger charge is 2.23. The van der Waals surface area contributed by atoms with E-state index in [1.165, 1.54) is 12.8 Å². The number of ether oxygens (including phenoxy) is 1. The van der Waals surface area contributed by atoms with Crippen molar-refractivity contribution >= 4 is 0 Å². The molecule has 1 saturated carbocycles. The second-order valence-electron chi connectivity index (χ2n) is 3.79. The molecule has 1 aliphatic carbocycles. The molecule has 1 fully saturated rings. The van der Waals surface area contributed by atoms with Gasteiger partial charge >= 0.3 is 0 Å².